The SMILES string of the molecule is NC(=O)c1ccc(NCC(O)c2ccc(N)cc2)c(Cl)c1. The van der Waals surface area contributed by atoms with Gasteiger partial charge in [-0.2, -0.15) is 0 Å². The zero-order valence-electron chi connectivity index (χ0n) is 11.2. The summed E-state index contributed by atoms with van der Waals surface area (Å²) in [6, 6.07) is 11.7. The summed E-state index contributed by atoms with van der Waals surface area (Å²) in [7, 11) is 0. The van der Waals surface area contributed by atoms with E-state index in [1.165, 1.54) is 6.07 Å². The van der Waals surface area contributed by atoms with Crippen molar-refractivity contribution in [2.45, 2.75) is 6.10 Å². The Morgan fingerprint density at radius 2 is 1.90 bits per heavy atom. The number of halogens is 1. The molecule has 1 atom stereocenters. The molecule has 1 amide bonds. The van der Waals surface area contributed by atoms with Crippen molar-refractivity contribution in [3.8, 4) is 0 Å². The van der Waals surface area contributed by atoms with Gasteiger partial charge in [0.1, 0.15) is 0 Å². The van der Waals surface area contributed by atoms with Crippen molar-refractivity contribution >= 4 is 28.9 Å². The summed E-state index contributed by atoms with van der Waals surface area (Å²) in [6.07, 6.45) is -0.697. The van der Waals surface area contributed by atoms with Gasteiger partial charge in [-0.25, -0.2) is 0 Å². The van der Waals surface area contributed by atoms with Crippen molar-refractivity contribution in [2.75, 3.05) is 17.6 Å². The Morgan fingerprint density at radius 1 is 1.24 bits per heavy atom. The number of primary amides is 1. The van der Waals surface area contributed by atoms with Gasteiger partial charge in [-0.05, 0) is 35.9 Å². The van der Waals surface area contributed by atoms with E-state index in [0.29, 0.717) is 22.0 Å². The fraction of sp³-hybridized carbons (Fsp3) is 0.133. The number of nitrogens with one attached hydrogen (secondary N) is 1. The summed E-state index contributed by atoms with van der Waals surface area (Å²) >= 11 is 6.06. The van der Waals surface area contributed by atoms with Gasteiger partial charge in [0.2, 0.25) is 5.91 Å². The van der Waals surface area contributed by atoms with E-state index in [4.69, 9.17) is 23.1 Å². The molecule has 0 aromatic heterocycles. The average molecular weight is 306 g/mol. The number of carbonyl (C=O) groups excluding carboxylic acids is 1. The van der Waals surface area contributed by atoms with Crippen molar-refractivity contribution in [3.63, 3.8) is 0 Å². The fourth-order valence-electron chi connectivity index (χ4n) is 1.85. The van der Waals surface area contributed by atoms with Gasteiger partial charge in [0, 0.05) is 17.8 Å². The summed E-state index contributed by atoms with van der Waals surface area (Å²) < 4.78 is 0. The van der Waals surface area contributed by atoms with Crippen LogP contribution in [0.3, 0.4) is 0 Å². The van der Waals surface area contributed by atoms with Crippen molar-refractivity contribution in [1.82, 2.24) is 0 Å². The molecule has 0 radical (unpaired) electrons. The molecule has 0 saturated carbocycles. The minimum atomic E-state index is -0.697. The first-order valence-electron chi connectivity index (χ1n) is 6.34. The van der Waals surface area contributed by atoms with Gasteiger partial charge in [0.25, 0.3) is 0 Å². The second kappa shape index (κ2) is 6.47. The Kier molecular flexibility index (Phi) is 4.67. The van der Waals surface area contributed by atoms with E-state index in [9.17, 15) is 9.90 Å². The highest BCUT2D eigenvalue weighted by atomic mass is 35.5. The van der Waals surface area contributed by atoms with Crippen LogP contribution in [0.2, 0.25) is 5.02 Å². The van der Waals surface area contributed by atoms with Crippen LogP contribution in [0.5, 0.6) is 0 Å². The highest BCUT2D eigenvalue weighted by Gasteiger charge is 2.09. The smallest absolute Gasteiger partial charge is 0.248 e. The molecule has 2 rings (SSSR count). The number of hydrogen-bond acceptors (Lipinski definition) is 4. The topological polar surface area (TPSA) is 101 Å². The Labute approximate surface area is 127 Å². The van der Waals surface area contributed by atoms with Crippen LogP contribution in [0.15, 0.2) is 42.5 Å². The van der Waals surface area contributed by atoms with Crippen LogP contribution in [0, 0.1) is 0 Å². The lowest BCUT2D eigenvalue weighted by Gasteiger charge is -2.14. The Bertz CT molecular complexity index is 644. The third-order valence-electron chi connectivity index (χ3n) is 3.06. The third kappa shape index (κ3) is 3.87. The molecule has 21 heavy (non-hydrogen) atoms. The van der Waals surface area contributed by atoms with Crippen molar-refractivity contribution in [1.29, 1.82) is 0 Å². The Balaban J connectivity index is 2.02. The minimum absolute atomic E-state index is 0.277. The van der Waals surface area contributed by atoms with Crippen LogP contribution in [0.4, 0.5) is 11.4 Å². The van der Waals surface area contributed by atoms with E-state index in [0.717, 1.165) is 5.56 Å². The molecule has 110 valence electrons. The van der Waals surface area contributed by atoms with Gasteiger partial charge in [0.15, 0.2) is 0 Å². The first kappa shape index (κ1) is 15.2. The summed E-state index contributed by atoms with van der Waals surface area (Å²) in [5, 5.41) is 13.5. The van der Waals surface area contributed by atoms with E-state index < -0.39 is 12.0 Å². The van der Waals surface area contributed by atoms with Crippen LogP contribution in [-0.2, 0) is 0 Å². The molecule has 0 saturated heterocycles. The van der Waals surface area contributed by atoms with Crippen LogP contribution in [0.25, 0.3) is 0 Å². The average Bonchev–Trinajstić information content (AvgIpc) is 2.46. The molecule has 5 nitrogen and oxygen atoms in total. The van der Waals surface area contributed by atoms with Crippen LogP contribution in [0.1, 0.15) is 22.0 Å². The zero-order chi connectivity index (χ0) is 15.4. The lowest BCUT2D eigenvalue weighted by Crippen LogP contribution is -2.14. The van der Waals surface area contributed by atoms with Crippen molar-refractivity contribution in [3.05, 3.63) is 58.6 Å². The summed E-state index contributed by atoms with van der Waals surface area (Å²) in [4.78, 5) is 11.0. The molecular weight excluding hydrogens is 290 g/mol. The molecule has 0 fully saturated rings. The predicted octanol–water partition coefficient (Wildman–Crippen LogP) is 2.17. The quantitative estimate of drug-likeness (QED) is 0.636. The zero-order valence-corrected chi connectivity index (χ0v) is 12.0. The number of carbonyl (C=O) groups is 1. The maximum absolute atomic E-state index is 11.0. The molecule has 1 unspecified atom stereocenters. The molecule has 0 aliphatic rings. The summed E-state index contributed by atoms with van der Waals surface area (Å²) in [6.45, 7) is 0.277. The van der Waals surface area contributed by atoms with Gasteiger partial charge in [-0.15, -0.1) is 0 Å². The number of aliphatic hydroxyl groups excluding tert-OH is 1. The monoisotopic (exact) mass is 305 g/mol. The normalized spacial score (nSPS) is 11.9. The number of nitrogen functional groups attached to an aromatic ring is 1. The van der Waals surface area contributed by atoms with E-state index in [1.807, 2.05) is 0 Å². The fourth-order valence-corrected chi connectivity index (χ4v) is 2.10. The molecule has 2 aromatic carbocycles. The lowest BCUT2D eigenvalue weighted by atomic mass is 10.1. The van der Waals surface area contributed by atoms with Crippen molar-refractivity contribution < 1.29 is 9.90 Å². The maximum Gasteiger partial charge on any atom is 0.248 e. The van der Waals surface area contributed by atoms with Gasteiger partial charge in [-0.3, -0.25) is 4.79 Å². The molecule has 0 spiro atoms. The molecule has 0 bridgehead atoms. The first-order valence-corrected chi connectivity index (χ1v) is 6.72. The number of benzene rings is 2. The number of hydrogen-bond donors (Lipinski definition) is 4. The van der Waals surface area contributed by atoms with E-state index in [2.05, 4.69) is 5.32 Å². The van der Waals surface area contributed by atoms with E-state index in [1.54, 1.807) is 36.4 Å². The summed E-state index contributed by atoms with van der Waals surface area (Å²) in [5.41, 5.74) is 13.1. The van der Waals surface area contributed by atoms with E-state index >= 15 is 0 Å². The van der Waals surface area contributed by atoms with Gasteiger partial charge in [-0.1, -0.05) is 23.7 Å². The largest absolute Gasteiger partial charge is 0.399 e. The number of amides is 1. The van der Waals surface area contributed by atoms with Crippen LogP contribution in [-0.4, -0.2) is 17.6 Å². The van der Waals surface area contributed by atoms with Gasteiger partial charge >= 0.3 is 0 Å². The maximum atomic E-state index is 11.0. The number of rotatable bonds is 5. The van der Waals surface area contributed by atoms with Crippen molar-refractivity contribution in [2.24, 2.45) is 5.73 Å². The highest BCUT2D eigenvalue weighted by Crippen LogP contribution is 2.24. The summed E-state index contributed by atoms with van der Waals surface area (Å²) in [5.74, 6) is -0.537. The van der Waals surface area contributed by atoms with Gasteiger partial charge < -0.3 is 21.9 Å². The van der Waals surface area contributed by atoms with Crippen LogP contribution < -0.4 is 16.8 Å². The molecule has 2 aromatic rings. The Hall–Kier alpha value is -2.24. The molecular formula is C15H16ClN3O2. The first-order chi connectivity index (χ1) is 9.97. The Morgan fingerprint density at radius 3 is 2.48 bits per heavy atom. The molecule has 6 heteroatoms. The third-order valence-corrected chi connectivity index (χ3v) is 3.37. The molecule has 0 aliphatic heterocycles. The van der Waals surface area contributed by atoms with Crippen LogP contribution >= 0.6 is 11.6 Å². The van der Waals surface area contributed by atoms with Gasteiger partial charge in [0.05, 0.1) is 16.8 Å². The second-order valence-electron chi connectivity index (χ2n) is 4.62. The number of nitrogens with two attached hydrogens (primary N) is 2. The predicted molar refractivity (Wildman–Crippen MR) is 84.3 cm³/mol. The molecule has 0 heterocycles. The number of aliphatic hydroxyl groups is 1. The minimum Gasteiger partial charge on any atom is -0.399 e. The molecule has 0 aliphatic carbocycles. The number of anilines is 2. The standard InChI is InChI=1S/C15H16ClN3O2/c16-12-7-10(15(18)21)3-6-13(12)19-8-14(20)9-1-4-11(17)5-2-9/h1-7,14,19-20H,8,17H2,(H2,18,21). The molecule has 6 N–H and O–H groups in total. The highest BCUT2D eigenvalue weighted by molar-refractivity contribution is 6.33. The lowest BCUT2D eigenvalue weighted by molar-refractivity contribution is 0.100. The second-order valence-corrected chi connectivity index (χ2v) is 5.03. The van der Waals surface area contributed by atoms with E-state index in [-0.39, 0.29) is 6.54 Å².